The van der Waals surface area contributed by atoms with Crippen molar-refractivity contribution >= 4 is 23.1 Å². The second-order valence-electron chi connectivity index (χ2n) is 4.23. The molecule has 1 aromatic heterocycles. The predicted octanol–water partition coefficient (Wildman–Crippen LogP) is 1.28. The summed E-state index contributed by atoms with van der Waals surface area (Å²) in [4.78, 5) is 18.6. The van der Waals surface area contributed by atoms with Gasteiger partial charge < -0.3 is 10.6 Å². The van der Waals surface area contributed by atoms with Crippen LogP contribution in [0.15, 0.2) is 18.3 Å². The third kappa shape index (κ3) is 2.29. The summed E-state index contributed by atoms with van der Waals surface area (Å²) in [5, 5.41) is 0. The monoisotopic (exact) mass is 249 g/mol. The van der Waals surface area contributed by atoms with Crippen molar-refractivity contribution in [1.29, 1.82) is 0 Å². The van der Waals surface area contributed by atoms with Gasteiger partial charge in [0.1, 0.15) is 5.69 Å². The normalized spacial score (nSPS) is 19.4. The van der Waals surface area contributed by atoms with E-state index in [9.17, 15) is 4.79 Å². The molecular weight excluding hydrogens is 234 g/mol. The van der Waals surface area contributed by atoms with E-state index in [0.29, 0.717) is 17.2 Å². The quantitative estimate of drug-likeness (QED) is 0.802. The van der Waals surface area contributed by atoms with E-state index in [1.807, 2.05) is 19.1 Å². The molecule has 0 bridgehead atoms. The minimum Gasteiger partial charge on any atom is -0.392 e. The molecule has 17 heavy (non-hydrogen) atoms. The lowest BCUT2D eigenvalue weighted by molar-refractivity contribution is 0.0763. The molecule has 2 rings (SSSR count). The van der Waals surface area contributed by atoms with Gasteiger partial charge >= 0.3 is 0 Å². The molecule has 0 saturated carbocycles. The lowest BCUT2D eigenvalue weighted by Crippen LogP contribution is -2.43. The van der Waals surface area contributed by atoms with Gasteiger partial charge in [-0.3, -0.25) is 9.78 Å². The van der Waals surface area contributed by atoms with Crippen LogP contribution in [0.1, 0.15) is 28.9 Å². The van der Waals surface area contributed by atoms with Crippen LogP contribution in [0, 0.1) is 6.92 Å². The number of aryl methyl sites for hydroxylation is 1. The highest BCUT2D eigenvalue weighted by molar-refractivity contribution is 7.80. The molecule has 4 nitrogen and oxygen atoms in total. The first-order valence-electron chi connectivity index (χ1n) is 5.63. The molecule has 90 valence electrons. The Labute approximate surface area is 106 Å². The van der Waals surface area contributed by atoms with Gasteiger partial charge in [-0.25, -0.2) is 0 Å². The fourth-order valence-electron chi connectivity index (χ4n) is 2.15. The molecule has 0 radical (unpaired) electrons. The minimum absolute atomic E-state index is 0.0709. The van der Waals surface area contributed by atoms with Crippen molar-refractivity contribution in [1.82, 2.24) is 9.88 Å². The standard InChI is InChI=1S/C12H15N3OS/c1-8-4-2-6-14-10(8)12(16)15-7-3-5-9(15)11(13)17/h2,4,6,9H,3,5,7H2,1H3,(H2,13,17). The van der Waals surface area contributed by atoms with Crippen LogP contribution in [0.4, 0.5) is 0 Å². The zero-order valence-corrected chi connectivity index (χ0v) is 10.5. The Morgan fingerprint density at radius 3 is 3.06 bits per heavy atom. The molecule has 1 unspecified atom stereocenters. The van der Waals surface area contributed by atoms with Crippen molar-refractivity contribution in [3.05, 3.63) is 29.6 Å². The second kappa shape index (κ2) is 4.79. The maximum absolute atomic E-state index is 12.3. The number of aromatic nitrogens is 1. The fourth-order valence-corrected chi connectivity index (χ4v) is 2.40. The Hall–Kier alpha value is -1.49. The molecule has 1 aliphatic heterocycles. The summed E-state index contributed by atoms with van der Waals surface area (Å²) >= 11 is 5.00. The lowest BCUT2D eigenvalue weighted by Gasteiger charge is -2.23. The first-order valence-corrected chi connectivity index (χ1v) is 6.04. The Bertz CT molecular complexity index is 461. The number of likely N-dealkylation sites (tertiary alicyclic amines) is 1. The van der Waals surface area contributed by atoms with Crippen LogP contribution in [-0.2, 0) is 0 Å². The topological polar surface area (TPSA) is 59.2 Å². The summed E-state index contributed by atoms with van der Waals surface area (Å²) in [7, 11) is 0. The van der Waals surface area contributed by atoms with Crippen molar-refractivity contribution in [2.45, 2.75) is 25.8 Å². The Morgan fingerprint density at radius 1 is 1.65 bits per heavy atom. The predicted molar refractivity (Wildman–Crippen MR) is 69.8 cm³/mol. The van der Waals surface area contributed by atoms with Crippen LogP contribution in [-0.4, -0.2) is 33.4 Å². The van der Waals surface area contributed by atoms with Crippen LogP contribution >= 0.6 is 12.2 Å². The Morgan fingerprint density at radius 2 is 2.41 bits per heavy atom. The Kier molecular flexibility index (Phi) is 3.38. The number of hydrogen-bond acceptors (Lipinski definition) is 3. The molecule has 1 aliphatic rings. The van der Waals surface area contributed by atoms with Gasteiger partial charge in [0.25, 0.3) is 5.91 Å². The van der Waals surface area contributed by atoms with Gasteiger partial charge in [-0.15, -0.1) is 0 Å². The van der Waals surface area contributed by atoms with Gasteiger partial charge in [-0.05, 0) is 31.4 Å². The summed E-state index contributed by atoms with van der Waals surface area (Å²) in [6, 6.07) is 3.59. The number of rotatable bonds is 2. The molecule has 1 atom stereocenters. The smallest absolute Gasteiger partial charge is 0.273 e. The van der Waals surface area contributed by atoms with Crippen molar-refractivity contribution in [3.8, 4) is 0 Å². The number of nitrogens with zero attached hydrogens (tertiary/aromatic N) is 2. The average molecular weight is 249 g/mol. The van der Waals surface area contributed by atoms with E-state index in [1.165, 1.54) is 0 Å². The molecule has 1 amide bonds. The molecule has 0 aliphatic carbocycles. The SMILES string of the molecule is Cc1cccnc1C(=O)N1CCCC1C(N)=S. The van der Waals surface area contributed by atoms with Gasteiger partial charge in [-0.2, -0.15) is 0 Å². The maximum Gasteiger partial charge on any atom is 0.273 e. The number of carbonyl (C=O) groups is 1. The van der Waals surface area contributed by atoms with E-state index in [1.54, 1.807) is 11.1 Å². The first-order chi connectivity index (χ1) is 8.11. The summed E-state index contributed by atoms with van der Waals surface area (Å²) in [5.74, 6) is -0.0709. The Balaban J connectivity index is 2.26. The van der Waals surface area contributed by atoms with E-state index >= 15 is 0 Å². The van der Waals surface area contributed by atoms with Gasteiger partial charge in [0.15, 0.2) is 0 Å². The highest BCUT2D eigenvalue weighted by atomic mass is 32.1. The number of hydrogen-bond donors (Lipinski definition) is 1. The zero-order chi connectivity index (χ0) is 12.4. The van der Waals surface area contributed by atoms with Gasteiger partial charge in [0, 0.05) is 12.7 Å². The molecule has 1 fully saturated rings. The minimum atomic E-state index is -0.112. The van der Waals surface area contributed by atoms with Crippen molar-refractivity contribution in [2.75, 3.05) is 6.54 Å². The number of amides is 1. The van der Waals surface area contributed by atoms with Gasteiger partial charge in [0.05, 0.1) is 11.0 Å². The van der Waals surface area contributed by atoms with Crippen LogP contribution in [0.2, 0.25) is 0 Å². The van der Waals surface area contributed by atoms with Crippen molar-refractivity contribution in [2.24, 2.45) is 5.73 Å². The molecule has 0 spiro atoms. The summed E-state index contributed by atoms with van der Waals surface area (Å²) < 4.78 is 0. The highest BCUT2D eigenvalue weighted by Crippen LogP contribution is 2.20. The second-order valence-corrected chi connectivity index (χ2v) is 4.70. The molecule has 2 heterocycles. The number of carbonyl (C=O) groups excluding carboxylic acids is 1. The number of pyridine rings is 1. The van der Waals surface area contributed by atoms with E-state index < -0.39 is 0 Å². The largest absolute Gasteiger partial charge is 0.392 e. The zero-order valence-electron chi connectivity index (χ0n) is 9.72. The van der Waals surface area contributed by atoms with E-state index in [4.69, 9.17) is 18.0 Å². The summed E-state index contributed by atoms with van der Waals surface area (Å²) in [5.41, 5.74) is 7.04. The van der Waals surface area contributed by atoms with E-state index in [2.05, 4.69) is 4.98 Å². The first kappa shape index (κ1) is 12.0. The molecular formula is C12H15N3OS. The third-order valence-electron chi connectivity index (χ3n) is 3.05. The van der Waals surface area contributed by atoms with Gasteiger partial charge in [-0.1, -0.05) is 18.3 Å². The van der Waals surface area contributed by atoms with Crippen molar-refractivity contribution in [3.63, 3.8) is 0 Å². The van der Waals surface area contributed by atoms with Crippen LogP contribution < -0.4 is 5.73 Å². The fraction of sp³-hybridized carbons (Fsp3) is 0.417. The summed E-state index contributed by atoms with van der Waals surface area (Å²) in [6.45, 7) is 2.59. The van der Waals surface area contributed by atoms with E-state index in [-0.39, 0.29) is 11.9 Å². The maximum atomic E-state index is 12.3. The highest BCUT2D eigenvalue weighted by Gasteiger charge is 2.32. The molecule has 5 heteroatoms. The van der Waals surface area contributed by atoms with Crippen LogP contribution in [0.5, 0.6) is 0 Å². The third-order valence-corrected chi connectivity index (χ3v) is 3.33. The van der Waals surface area contributed by atoms with Crippen LogP contribution in [0.25, 0.3) is 0 Å². The molecule has 2 N–H and O–H groups in total. The van der Waals surface area contributed by atoms with Crippen molar-refractivity contribution < 1.29 is 4.79 Å². The number of thiocarbonyl (C=S) groups is 1. The summed E-state index contributed by atoms with van der Waals surface area (Å²) in [6.07, 6.45) is 3.43. The molecule has 1 aromatic rings. The molecule has 0 aromatic carbocycles. The molecule has 1 saturated heterocycles. The van der Waals surface area contributed by atoms with E-state index in [0.717, 1.165) is 18.4 Å². The van der Waals surface area contributed by atoms with Crippen LogP contribution in [0.3, 0.4) is 0 Å². The van der Waals surface area contributed by atoms with Gasteiger partial charge in [0.2, 0.25) is 0 Å². The average Bonchev–Trinajstić information content (AvgIpc) is 2.77. The lowest BCUT2D eigenvalue weighted by atomic mass is 10.1. The number of nitrogens with two attached hydrogens (primary N) is 1.